The molecule has 0 spiro atoms. The van der Waals surface area contributed by atoms with E-state index in [2.05, 4.69) is 4.98 Å². The van der Waals surface area contributed by atoms with Crippen molar-refractivity contribution < 1.29 is 8.78 Å². The summed E-state index contributed by atoms with van der Waals surface area (Å²) >= 11 is 0. The van der Waals surface area contributed by atoms with E-state index in [4.69, 9.17) is 11.5 Å². The molecule has 3 nitrogen and oxygen atoms in total. The van der Waals surface area contributed by atoms with Gasteiger partial charge in [-0.05, 0) is 36.2 Å². The quantitative estimate of drug-likeness (QED) is 0.831. The van der Waals surface area contributed by atoms with Gasteiger partial charge in [0.25, 0.3) is 0 Å². The van der Waals surface area contributed by atoms with Crippen molar-refractivity contribution in [2.24, 2.45) is 11.5 Å². The SMILES string of the molecule is CC(N)C(N)(c1ccc(F)cc1)c1ccc(F)nc1. The Kier molecular flexibility index (Phi) is 3.59. The second-order valence-electron chi connectivity index (χ2n) is 4.53. The van der Waals surface area contributed by atoms with E-state index in [-0.39, 0.29) is 5.82 Å². The van der Waals surface area contributed by atoms with Crippen LogP contribution in [0.1, 0.15) is 18.1 Å². The molecule has 1 aromatic heterocycles. The molecule has 0 bridgehead atoms. The molecular formula is C14H15F2N3. The number of nitrogens with zero attached hydrogens (tertiary/aromatic N) is 1. The highest BCUT2D eigenvalue weighted by Gasteiger charge is 2.34. The van der Waals surface area contributed by atoms with E-state index in [0.29, 0.717) is 11.1 Å². The van der Waals surface area contributed by atoms with Gasteiger partial charge in [0.1, 0.15) is 5.82 Å². The first kappa shape index (κ1) is 13.6. The van der Waals surface area contributed by atoms with E-state index in [0.717, 1.165) is 0 Å². The highest BCUT2D eigenvalue weighted by molar-refractivity contribution is 5.38. The van der Waals surface area contributed by atoms with Crippen molar-refractivity contribution in [3.8, 4) is 0 Å². The predicted molar refractivity (Wildman–Crippen MR) is 69.2 cm³/mol. The lowest BCUT2D eigenvalue weighted by molar-refractivity contribution is 0.441. The van der Waals surface area contributed by atoms with Crippen LogP contribution in [-0.2, 0) is 5.54 Å². The van der Waals surface area contributed by atoms with Gasteiger partial charge in [0.2, 0.25) is 5.95 Å². The van der Waals surface area contributed by atoms with Gasteiger partial charge in [0.05, 0.1) is 5.54 Å². The third kappa shape index (κ3) is 2.47. The zero-order valence-corrected chi connectivity index (χ0v) is 10.5. The van der Waals surface area contributed by atoms with E-state index in [1.165, 1.54) is 30.5 Å². The Morgan fingerprint density at radius 3 is 2.11 bits per heavy atom. The molecule has 2 atom stereocenters. The Hall–Kier alpha value is -1.85. The molecule has 0 amide bonds. The van der Waals surface area contributed by atoms with Crippen LogP contribution in [-0.4, -0.2) is 11.0 Å². The number of hydrogen-bond donors (Lipinski definition) is 2. The minimum absolute atomic E-state index is 0.354. The molecule has 2 rings (SSSR count). The summed E-state index contributed by atoms with van der Waals surface area (Å²) < 4.78 is 25.9. The van der Waals surface area contributed by atoms with Crippen molar-refractivity contribution in [1.82, 2.24) is 4.98 Å². The van der Waals surface area contributed by atoms with E-state index < -0.39 is 17.5 Å². The summed E-state index contributed by atoms with van der Waals surface area (Å²) in [5.41, 5.74) is 12.5. The van der Waals surface area contributed by atoms with Crippen molar-refractivity contribution in [3.63, 3.8) is 0 Å². The molecular weight excluding hydrogens is 248 g/mol. The van der Waals surface area contributed by atoms with Gasteiger partial charge in [-0.2, -0.15) is 4.39 Å². The average molecular weight is 263 g/mol. The largest absolute Gasteiger partial charge is 0.326 e. The van der Waals surface area contributed by atoms with Gasteiger partial charge in [-0.3, -0.25) is 0 Å². The molecule has 0 aliphatic heterocycles. The van der Waals surface area contributed by atoms with E-state index in [1.54, 1.807) is 19.1 Å². The zero-order chi connectivity index (χ0) is 14.0. The summed E-state index contributed by atoms with van der Waals surface area (Å²) in [6.07, 6.45) is 1.35. The summed E-state index contributed by atoms with van der Waals surface area (Å²) in [6, 6.07) is 8.08. The van der Waals surface area contributed by atoms with Gasteiger partial charge < -0.3 is 11.5 Å². The Balaban J connectivity index is 2.54. The molecule has 0 fully saturated rings. The minimum Gasteiger partial charge on any atom is -0.326 e. The number of rotatable bonds is 3. The summed E-state index contributed by atoms with van der Waals surface area (Å²) in [5.74, 6) is -0.942. The number of aromatic nitrogens is 1. The third-order valence-electron chi connectivity index (χ3n) is 3.25. The van der Waals surface area contributed by atoms with Crippen LogP contribution in [0.4, 0.5) is 8.78 Å². The maximum Gasteiger partial charge on any atom is 0.212 e. The smallest absolute Gasteiger partial charge is 0.212 e. The molecule has 0 aliphatic carbocycles. The van der Waals surface area contributed by atoms with E-state index >= 15 is 0 Å². The van der Waals surface area contributed by atoms with Crippen LogP contribution in [0.3, 0.4) is 0 Å². The Bertz CT molecular complexity index is 504. The summed E-state index contributed by atoms with van der Waals surface area (Å²) in [4.78, 5) is 3.59. The van der Waals surface area contributed by atoms with Crippen LogP contribution in [0.25, 0.3) is 0 Å². The Morgan fingerprint density at radius 1 is 1.05 bits per heavy atom. The molecule has 19 heavy (non-hydrogen) atoms. The lowest BCUT2D eigenvalue weighted by atomic mass is 9.79. The zero-order valence-electron chi connectivity index (χ0n) is 10.5. The summed E-state index contributed by atoms with van der Waals surface area (Å²) in [6.45, 7) is 1.74. The van der Waals surface area contributed by atoms with Crippen molar-refractivity contribution in [2.75, 3.05) is 0 Å². The summed E-state index contributed by atoms with van der Waals surface area (Å²) in [7, 11) is 0. The third-order valence-corrected chi connectivity index (χ3v) is 3.25. The number of halogens is 2. The van der Waals surface area contributed by atoms with Gasteiger partial charge in [-0.25, -0.2) is 9.37 Å². The van der Waals surface area contributed by atoms with Crippen molar-refractivity contribution in [3.05, 3.63) is 65.5 Å². The lowest BCUT2D eigenvalue weighted by Gasteiger charge is -2.34. The first-order valence-electron chi connectivity index (χ1n) is 5.87. The molecule has 100 valence electrons. The first-order chi connectivity index (χ1) is 8.94. The first-order valence-corrected chi connectivity index (χ1v) is 5.87. The minimum atomic E-state index is -1.05. The highest BCUT2D eigenvalue weighted by atomic mass is 19.1. The number of pyridine rings is 1. The van der Waals surface area contributed by atoms with Gasteiger partial charge in [-0.1, -0.05) is 18.2 Å². The van der Waals surface area contributed by atoms with Crippen molar-refractivity contribution >= 4 is 0 Å². The fourth-order valence-electron chi connectivity index (χ4n) is 2.04. The van der Waals surface area contributed by atoms with Gasteiger partial charge in [-0.15, -0.1) is 0 Å². The molecule has 2 unspecified atom stereocenters. The van der Waals surface area contributed by atoms with Crippen LogP contribution in [0, 0.1) is 11.8 Å². The second kappa shape index (κ2) is 5.03. The van der Waals surface area contributed by atoms with Gasteiger partial charge in [0, 0.05) is 12.2 Å². The van der Waals surface area contributed by atoms with Crippen LogP contribution in [0.5, 0.6) is 0 Å². The highest BCUT2D eigenvalue weighted by Crippen LogP contribution is 2.29. The maximum absolute atomic E-state index is 13.0. The van der Waals surface area contributed by atoms with Crippen molar-refractivity contribution in [2.45, 2.75) is 18.5 Å². The van der Waals surface area contributed by atoms with Crippen LogP contribution in [0.15, 0.2) is 42.6 Å². The fraction of sp³-hybridized carbons (Fsp3) is 0.214. The van der Waals surface area contributed by atoms with E-state index in [1.807, 2.05) is 0 Å². The number of nitrogens with two attached hydrogens (primary N) is 2. The van der Waals surface area contributed by atoms with E-state index in [9.17, 15) is 8.78 Å². The van der Waals surface area contributed by atoms with Crippen LogP contribution >= 0.6 is 0 Å². The van der Waals surface area contributed by atoms with Crippen LogP contribution in [0.2, 0.25) is 0 Å². The predicted octanol–water partition coefficient (Wildman–Crippen LogP) is 1.91. The lowest BCUT2D eigenvalue weighted by Crippen LogP contribution is -2.51. The van der Waals surface area contributed by atoms with Gasteiger partial charge >= 0.3 is 0 Å². The maximum atomic E-state index is 13.0. The normalized spacial score (nSPS) is 15.8. The molecule has 1 heterocycles. The molecule has 4 N–H and O–H groups in total. The molecule has 0 aliphatic rings. The molecule has 2 aromatic rings. The monoisotopic (exact) mass is 263 g/mol. The topological polar surface area (TPSA) is 64.9 Å². The standard InChI is InChI=1S/C14H15F2N3/c1-9(17)14(18,10-2-5-12(15)6-3-10)11-4-7-13(16)19-8-11/h2-9H,17-18H2,1H3. The van der Waals surface area contributed by atoms with Crippen molar-refractivity contribution in [1.29, 1.82) is 0 Å². The Morgan fingerprint density at radius 2 is 1.63 bits per heavy atom. The summed E-state index contributed by atoms with van der Waals surface area (Å²) in [5, 5.41) is 0. The molecule has 1 aromatic carbocycles. The average Bonchev–Trinajstić information content (AvgIpc) is 2.39. The van der Waals surface area contributed by atoms with Crippen LogP contribution < -0.4 is 11.5 Å². The number of hydrogen-bond acceptors (Lipinski definition) is 3. The molecule has 5 heteroatoms. The molecule has 0 saturated heterocycles. The second-order valence-corrected chi connectivity index (χ2v) is 4.53. The van der Waals surface area contributed by atoms with Gasteiger partial charge in [0.15, 0.2) is 0 Å². The number of benzene rings is 1. The molecule has 0 saturated carbocycles. The fourth-order valence-corrected chi connectivity index (χ4v) is 2.04. The Labute approximate surface area is 110 Å². The molecule has 0 radical (unpaired) electrons.